The number of hydrogen-bond donors (Lipinski definition) is 1. The summed E-state index contributed by atoms with van der Waals surface area (Å²) in [6.45, 7) is 8.36. The van der Waals surface area contributed by atoms with Crippen molar-refractivity contribution >= 4 is 18.3 Å². The van der Waals surface area contributed by atoms with Crippen LogP contribution in [-0.2, 0) is 17.8 Å². The van der Waals surface area contributed by atoms with Crippen molar-refractivity contribution in [2.45, 2.75) is 39.3 Å². The standard InChI is InChI=1S/C18H27N3O.ClH/c1-18(2)13-20(9-8-16(18)19)12-17(22)21-10-7-14-5-3-4-6-15(14)11-21;/h3-6,16H,7-13,19H2,1-2H3;1H. The molecule has 1 atom stereocenters. The van der Waals surface area contributed by atoms with E-state index in [1.165, 1.54) is 11.1 Å². The second-order valence-corrected chi connectivity index (χ2v) is 7.43. The fourth-order valence-electron chi connectivity index (χ4n) is 3.62. The van der Waals surface area contributed by atoms with Gasteiger partial charge in [-0.2, -0.15) is 0 Å². The zero-order chi connectivity index (χ0) is 15.7. The van der Waals surface area contributed by atoms with Gasteiger partial charge in [-0.25, -0.2) is 0 Å². The number of benzene rings is 1. The lowest BCUT2D eigenvalue weighted by Crippen LogP contribution is -2.54. The number of fused-ring (bicyclic) bond motifs is 1. The summed E-state index contributed by atoms with van der Waals surface area (Å²) in [5.74, 6) is 0.251. The van der Waals surface area contributed by atoms with Crippen LogP contribution in [0.15, 0.2) is 24.3 Å². The first-order valence-corrected chi connectivity index (χ1v) is 8.28. The van der Waals surface area contributed by atoms with Gasteiger partial charge in [0.25, 0.3) is 0 Å². The largest absolute Gasteiger partial charge is 0.337 e. The lowest BCUT2D eigenvalue weighted by atomic mass is 9.80. The molecule has 0 aliphatic carbocycles. The first kappa shape index (κ1) is 18.2. The number of halogens is 1. The van der Waals surface area contributed by atoms with Crippen LogP contribution in [0.5, 0.6) is 0 Å². The fourth-order valence-corrected chi connectivity index (χ4v) is 3.62. The summed E-state index contributed by atoms with van der Waals surface area (Å²) in [4.78, 5) is 16.9. The van der Waals surface area contributed by atoms with Crippen molar-refractivity contribution in [2.24, 2.45) is 11.1 Å². The Balaban J connectivity index is 0.00000192. The highest BCUT2D eigenvalue weighted by Gasteiger charge is 2.34. The summed E-state index contributed by atoms with van der Waals surface area (Å²) < 4.78 is 0. The monoisotopic (exact) mass is 337 g/mol. The van der Waals surface area contributed by atoms with Crippen LogP contribution in [0.4, 0.5) is 0 Å². The van der Waals surface area contributed by atoms with E-state index >= 15 is 0 Å². The third kappa shape index (κ3) is 4.06. The SMILES string of the molecule is CC1(C)CN(CC(=O)N2CCc3ccccc3C2)CCC1N.Cl. The number of nitrogens with two attached hydrogens (primary N) is 1. The molecule has 4 nitrogen and oxygen atoms in total. The molecule has 2 aliphatic heterocycles. The third-order valence-electron chi connectivity index (χ3n) is 5.23. The highest BCUT2D eigenvalue weighted by Crippen LogP contribution is 2.27. The number of likely N-dealkylation sites (tertiary alicyclic amines) is 1. The van der Waals surface area contributed by atoms with Crippen molar-refractivity contribution in [3.05, 3.63) is 35.4 Å². The molecular formula is C18H28ClN3O. The van der Waals surface area contributed by atoms with Gasteiger partial charge in [0, 0.05) is 32.2 Å². The normalized spacial score (nSPS) is 23.8. The van der Waals surface area contributed by atoms with Gasteiger partial charge in [-0.05, 0) is 29.4 Å². The van der Waals surface area contributed by atoms with Gasteiger partial charge in [0.15, 0.2) is 0 Å². The molecule has 0 spiro atoms. The number of piperidine rings is 1. The highest BCUT2D eigenvalue weighted by molar-refractivity contribution is 5.85. The number of rotatable bonds is 2. The molecule has 1 aromatic carbocycles. The van der Waals surface area contributed by atoms with E-state index in [2.05, 4.69) is 43.0 Å². The number of carbonyl (C=O) groups excluding carboxylic acids is 1. The molecule has 2 heterocycles. The number of carbonyl (C=O) groups is 1. The van der Waals surface area contributed by atoms with E-state index in [0.29, 0.717) is 6.54 Å². The molecular weight excluding hydrogens is 310 g/mol. The molecule has 2 aliphatic rings. The molecule has 128 valence electrons. The van der Waals surface area contributed by atoms with Crippen molar-refractivity contribution in [1.29, 1.82) is 0 Å². The van der Waals surface area contributed by atoms with Gasteiger partial charge in [0.1, 0.15) is 0 Å². The Morgan fingerprint density at radius 1 is 1.26 bits per heavy atom. The summed E-state index contributed by atoms with van der Waals surface area (Å²) in [6.07, 6.45) is 1.95. The zero-order valence-corrected chi connectivity index (χ0v) is 14.9. The minimum absolute atomic E-state index is 0. The summed E-state index contributed by atoms with van der Waals surface area (Å²) in [5.41, 5.74) is 8.95. The Kier molecular flexibility index (Phi) is 5.71. The van der Waals surface area contributed by atoms with E-state index in [-0.39, 0.29) is 29.8 Å². The van der Waals surface area contributed by atoms with Crippen molar-refractivity contribution in [2.75, 3.05) is 26.2 Å². The molecule has 1 fully saturated rings. The first-order chi connectivity index (χ1) is 10.5. The molecule has 0 bridgehead atoms. The topological polar surface area (TPSA) is 49.6 Å². The van der Waals surface area contributed by atoms with Crippen molar-refractivity contribution < 1.29 is 4.79 Å². The van der Waals surface area contributed by atoms with Crippen LogP contribution < -0.4 is 5.73 Å². The second kappa shape index (κ2) is 7.20. The average Bonchev–Trinajstić information content (AvgIpc) is 2.50. The summed E-state index contributed by atoms with van der Waals surface area (Å²) in [7, 11) is 0. The molecule has 2 N–H and O–H groups in total. The van der Waals surface area contributed by atoms with Crippen molar-refractivity contribution in [1.82, 2.24) is 9.80 Å². The molecule has 1 unspecified atom stereocenters. The summed E-state index contributed by atoms with van der Waals surface area (Å²) in [5, 5.41) is 0. The smallest absolute Gasteiger partial charge is 0.237 e. The Labute approximate surface area is 145 Å². The van der Waals surface area contributed by atoms with Gasteiger partial charge in [0.2, 0.25) is 5.91 Å². The van der Waals surface area contributed by atoms with Crippen molar-refractivity contribution in [3.8, 4) is 0 Å². The molecule has 5 heteroatoms. The molecule has 1 aromatic rings. The predicted molar refractivity (Wildman–Crippen MR) is 95.6 cm³/mol. The number of hydrogen-bond acceptors (Lipinski definition) is 3. The van der Waals surface area contributed by atoms with Gasteiger partial charge < -0.3 is 10.6 Å². The number of nitrogens with zero attached hydrogens (tertiary/aromatic N) is 2. The Bertz CT molecular complexity index is 561. The maximum Gasteiger partial charge on any atom is 0.237 e. The van der Waals surface area contributed by atoms with Gasteiger partial charge in [-0.1, -0.05) is 38.1 Å². The van der Waals surface area contributed by atoms with E-state index in [4.69, 9.17) is 5.73 Å². The second-order valence-electron chi connectivity index (χ2n) is 7.43. The van der Waals surface area contributed by atoms with Crippen LogP contribution in [0.2, 0.25) is 0 Å². The van der Waals surface area contributed by atoms with Crippen LogP contribution in [0, 0.1) is 5.41 Å². The minimum atomic E-state index is 0. The fraction of sp³-hybridized carbons (Fsp3) is 0.611. The van der Waals surface area contributed by atoms with E-state index in [9.17, 15) is 4.79 Å². The summed E-state index contributed by atoms with van der Waals surface area (Å²) >= 11 is 0. The first-order valence-electron chi connectivity index (χ1n) is 8.28. The van der Waals surface area contributed by atoms with E-state index < -0.39 is 0 Å². The predicted octanol–water partition coefficient (Wildman–Crippen LogP) is 2.05. The molecule has 0 aromatic heterocycles. The van der Waals surface area contributed by atoms with Gasteiger partial charge in [-0.3, -0.25) is 9.69 Å². The molecule has 1 saturated heterocycles. The van der Waals surface area contributed by atoms with Gasteiger partial charge in [-0.15, -0.1) is 12.4 Å². The maximum absolute atomic E-state index is 12.6. The maximum atomic E-state index is 12.6. The van der Waals surface area contributed by atoms with Gasteiger partial charge >= 0.3 is 0 Å². The van der Waals surface area contributed by atoms with E-state index in [1.807, 2.05) is 4.90 Å². The van der Waals surface area contributed by atoms with Crippen molar-refractivity contribution in [3.63, 3.8) is 0 Å². The van der Waals surface area contributed by atoms with Crippen LogP contribution in [-0.4, -0.2) is 47.9 Å². The Hall–Kier alpha value is -1.10. The molecule has 23 heavy (non-hydrogen) atoms. The minimum Gasteiger partial charge on any atom is -0.337 e. The molecule has 3 rings (SSSR count). The average molecular weight is 338 g/mol. The van der Waals surface area contributed by atoms with Crippen LogP contribution >= 0.6 is 12.4 Å². The lowest BCUT2D eigenvalue weighted by Gasteiger charge is -2.43. The lowest BCUT2D eigenvalue weighted by molar-refractivity contribution is -0.134. The van der Waals surface area contributed by atoms with Crippen LogP contribution in [0.25, 0.3) is 0 Å². The van der Waals surface area contributed by atoms with Crippen LogP contribution in [0.3, 0.4) is 0 Å². The number of amides is 1. The van der Waals surface area contributed by atoms with E-state index in [1.54, 1.807) is 0 Å². The molecule has 0 radical (unpaired) electrons. The summed E-state index contributed by atoms with van der Waals surface area (Å²) in [6, 6.07) is 8.68. The molecule has 1 amide bonds. The van der Waals surface area contributed by atoms with Gasteiger partial charge in [0.05, 0.1) is 6.54 Å². The van der Waals surface area contributed by atoms with Crippen LogP contribution in [0.1, 0.15) is 31.4 Å². The third-order valence-corrected chi connectivity index (χ3v) is 5.23. The highest BCUT2D eigenvalue weighted by atomic mass is 35.5. The quantitative estimate of drug-likeness (QED) is 0.898. The Morgan fingerprint density at radius 3 is 2.65 bits per heavy atom. The zero-order valence-electron chi connectivity index (χ0n) is 14.1. The molecule has 0 saturated carbocycles. The van der Waals surface area contributed by atoms with E-state index in [0.717, 1.165) is 39.0 Å². The Morgan fingerprint density at radius 2 is 1.96 bits per heavy atom.